The number of ketones is 1. The first-order valence-electron chi connectivity index (χ1n) is 13.4. The second-order valence-electron chi connectivity index (χ2n) is 9.99. The number of esters is 1. The van der Waals surface area contributed by atoms with Crippen molar-refractivity contribution in [2.24, 2.45) is 10.9 Å². The molecule has 5 rings (SSSR count). The van der Waals surface area contributed by atoms with E-state index in [1.165, 1.54) is 0 Å². The summed E-state index contributed by atoms with van der Waals surface area (Å²) in [5, 5.41) is 0. The number of allylic oxidation sites excluding steroid dienone is 1. The van der Waals surface area contributed by atoms with E-state index in [9.17, 15) is 9.59 Å². The average molecular weight is 508 g/mol. The largest absolute Gasteiger partial charge is 0.493 e. The molecule has 3 aromatic carbocycles. The number of carbonyl (C=O) groups is 2. The number of fused-ring (bicyclic) bond motifs is 1. The molecule has 0 bridgehead atoms. The normalized spacial score (nSPS) is 20.9. The summed E-state index contributed by atoms with van der Waals surface area (Å²) < 4.78 is 11.9. The Balaban J connectivity index is 1.55. The quantitative estimate of drug-likeness (QED) is 0.315. The van der Waals surface area contributed by atoms with Crippen molar-refractivity contribution in [2.75, 3.05) is 6.61 Å². The summed E-state index contributed by atoms with van der Waals surface area (Å²) in [4.78, 5) is 32.4. The van der Waals surface area contributed by atoms with Gasteiger partial charge in [0.15, 0.2) is 0 Å². The average Bonchev–Trinajstić information content (AvgIpc) is 2.95. The highest BCUT2D eigenvalue weighted by molar-refractivity contribution is 6.12. The number of rotatable bonds is 8. The minimum absolute atomic E-state index is 0.0744. The van der Waals surface area contributed by atoms with Crippen molar-refractivity contribution in [3.8, 4) is 5.75 Å². The molecule has 0 aromatic heterocycles. The van der Waals surface area contributed by atoms with E-state index in [2.05, 4.69) is 19.1 Å². The van der Waals surface area contributed by atoms with Gasteiger partial charge in [-0.25, -0.2) is 4.79 Å². The van der Waals surface area contributed by atoms with Gasteiger partial charge in [0.1, 0.15) is 18.1 Å². The van der Waals surface area contributed by atoms with E-state index in [-0.39, 0.29) is 18.3 Å². The van der Waals surface area contributed by atoms with Crippen LogP contribution in [0.3, 0.4) is 0 Å². The molecule has 1 heterocycles. The molecule has 5 heteroatoms. The Kier molecular flexibility index (Phi) is 7.83. The van der Waals surface area contributed by atoms with E-state index < -0.39 is 17.8 Å². The van der Waals surface area contributed by atoms with Gasteiger partial charge in [0, 0.05) is 29.3 Å². The van der Waals surface area contributed by atoms with Gasteiger partial charge in [-0.3, -0.25) is 9.79 Å². The maximum absolute atomic E-state index is 13.9. The summed E-state index contributed by atoms with van der Waals surface area (Å²) in [5.74, 6) is -0.611. The Bertz CT molecular complexity index is 1360. The maximum atomic E-state index is 13.9. The molecule has 1 saturated carbocycles. The molecular weight excluding hydrogens is 474 g/mol. The van der Waals surface area contributed by atoms with Gasteiger partial charge in [0.05, 0.1) is 18.1 Å². The number of hydrogen-bond acceptors (Lipinski definition) is 5. The zero-order valence-corrected chi connectivity index (χ0v) is 21.9. The first-order valence-corrected chi connectivity index (χ1v) is 13.4. The molecule has 1 fully saturated rings. The van der Waals surface area contributed by atoms with Crippen LogP contribution < -0.4 is 4.74 Å². The van der Waals surface area contributed by atoms with Gasteiger partial charge in [0.2, 0.25) is 0 Å². The van der Waals surface area contributed by atoms with Gasteiger partial charge in [-0.15, -0.1) is 0 Å². The smallest absolute Gasteiger partial charge is 0.336 e. The Labute approximate surface area is 224 Å². The van der Waals surface area contributed by atoms with Crippen LogP contribution in [0.15, 0.2) is 101 Å². The van der Waals surface area contributed by atoms with E-state index in [4.69, 9.17) is 14.5 Å². The van der Waals surface area contributed by atoms with Crippen molar-refractivity contribution in [1.29, 1.82) is 0 Å². The van der Waals surface area contributed by atoms with Crippen LogP contribution in [0.25, 0.3) is 0 Å². The molecule has 2 aliphatic rings. The molecule has 38 heavy (non-hydrogen) atoms. The highest BCUT2D eigenvalue weighted by Gasteiger charge is 2.46. The Morgan fingerprint density at radius 1 is 0.895 bits per heavy atom. The first kappa shape index (κ1) is 25.7. The highest BCUT2D eigenvalue weighted by atomic mass is 16.5. The molecule has 194 valence electrons. The molecule has 3 aromatic rings. The number of aliphatic imine (C=N–C) groups is 1. The number of hydrogen-bond donors (Lipinski definition) is 0. The highest BCUT2D eigenvalue weighted by Crippen LogP contribution is 2.48. The van der Waals surface area contributed by atoms with E-state index in [1.807, 2.05) is 79.7 Å². The Morgan fingerprint density at radius 2 is 1.58 bits per heavy atom. The van der Waals surface area contributed by atoms with Crippen molar-refractivity contribution in [3.63, 3.8) is 0 Å². The van der Waals surface area contributed by atoms with Crippen molar-refractivity contribution < 1.29 is 19.1 Å². The van der Waals surface area contributed by atoms with Crippen LogP contribution in [-0.2, 0) is 20.9 Å². The van der Waals surface area contributed by atoms with Crippen LogP contribution in [-0.4, -0.2) is 24.1 Å². The van der Waals surface area contributed by atoms with E-state index in [0.29, 0.717) is 36.5 Å². The lowest BCUT2D eigenvalue weighted by atomic mass is 9.66. The Hall–Kier alpha value is -3.99. The predicted molar refractivity (Wildman–Crippen MR) is 148 cm³/mol. The zero-order valence-electron chi connectivity index (χ0n) is 21.9. The van der Waals surface area contributed by atoms with Crippen LogP contribution in [0.4, 0.5) is 0 Å². The summed E-state index contributed by atoms with van der Waals surface area (Å²) >= 11 is 0. The Morgan fingerprint density at radius 3 is 2.32 bits per heavy atom. The molecule has 0 radical (unpaired) electrons. The number of benzene rings is 3. The van der Waals surface area contributed by atoms with E-state index >= 15 is 0 Å². The molecule has 1 aliphatic heterocycles. The van der Waals surface area contributed by atoms with Gasteiger partial charge in [-0.1, -0.05) is 85.8 Å². The molecule has 0 saturated heterocycles. The SMILES string of the molecule is CCCOc1ccccc1[C@H]1C(C(=O)OCc2ccccc2)=C(C)N=C2C[C@H](c3ccccc3)CC(=O)C21. The van der Waals surface area contributed by atoms with Crippen LogP contribution >= 0.6 is 0 Å². The molecule has 0 N–H and O–H groups in total. The minimum atomic E-state index is -0.524. The predicted octanol–water partition coefficient (Wildman–Crippen LogP) is 6.79. The summed E-state index contributed by atoms with van der Waals surface area (Å²) in [6.07, 6.45) is 1.94. The van der Waals surface area contributed by atoms with Gasteiger partial charge in [0.25, 0.3) is 0 Å². The lowest BCUT2D eigenvalue weighted by Gasteiger charge is -2.38. The van der Waals surface area contributed by atoms with E-state index in [0.717, 1.165) is 28.8 Å². The lowest BCUT2D eigenvalue weighted by Crippen LogP contribution is -2.41. The fourth-order valence-electron chi connectivity index (χ4n) is 5.62. The zero-order chi connectivity index (χ0) is 26.5. The number of ether oxygens (including phenoxy) is 2. The third kappa shape index (κ3) is 5.33. The molecule has 0 spiro atoms. The first-order chi connectivity index (χ1) is 18.6. The number of para-hydroxylation sites is 1. The minimum Gasteiger partial charge on any atom is -0.493 e. The second-order valence-corrected chi connectivity index (χ2v) is 9.99. The summed E-state index contributed by atoms with van der Waals surface area (Å²) in [7, 11) is 0. The third-order valence-electron chi connectivity index (χ3n) is 7.37. The van der Waals surface area contributed by atoms with Gasteiger partial charge >= 0.3 is 5.97 Å². The number of nitrogens with zero attached hydrogens (tertiary/aromatic N) is 1. The summed E-state index contributed by atoms with van der Waals surface area (Å²) in [5.41, 5.74) is 4.75. The van der Waals surface area contributed by atoms with Gasteiger partial charge in [-0.05, 0) is 42.9 Å². The number of carbonyl (C=O) groups excluding carboxylic acids is 2. The summed E-state index contributed by atoms with van der Waals surface area (Å²) in [6, 6.07) is 27.5. The molecular formula is C33H33NO4. The van der Waals surface area contributed by atoms with Crippen LogP contribution in [0.2, 0.25) is 0 Å². The standard InChI is InChI=1S/C33H33NO4/c1-3-18-37-29-17-11-10-16-26(29)31-30(33(36)38-21-23-12-6-4-7-13-23)22(2)34-27-19-25(20-28(35)32(27)31)24-14-8-5-9-15-24/h4-17,25,31-32H,3,18-21H2,1-2H3/t25-,31-,32?/m0/s1. The molecule has 3 atom stereocenters. The monoisotopic (exact) mass is 507 g/mol. The summed E-state index contributed by atoms with van der Waals surface area (Å²) in [6.45, 7) is 4.61. The maximum Gasteiger partial charge on any atom is 0.336 e. The van der Waals surface area contributed by atoms with Crippen LogP contribution in [0.5, 0.6) is 5.75 Å². The fraction of sp³-hybridized carbons (Fsp3) is 0.303. The van der Waals surface area contributed by atoms with Crippen molar-refractivity contribution in [2.45, 2.75) is 51.6 Å². The third-order valence-corrected chi connectivity index (χ3v) is 7.37. The van der Waals surface area contributed by atoms with Crippen molar-refractivity contribution >= 4 is 17.5 Å². The van der Waals surface area contributed by atoms with Crippen molar-refractivity contribution in [3.05, 3.63) is 113 Å². The molecule has 1 aliphatic carbocycles. The van der Waals surface area contributed by atoms with Crippen molar-refractivity contribution in [1.82, 2.24) is 0 Å². The van der Waals surface area contributed by atoms with Crippen LogP contribution in [0, 0.1) is 5.92 Å². The molecule has 1 unspecified atom stereocenters. The van der Waals surface area contributed by atoms with E-state index in [1.54, 1.807) is 0 Å². The number of Topliss-reactive ketones (excluding diaryl/α,β-unsaturated/α-hetero) is 1. The topological polar surface area (TPSA) is 65.0 Å². The molecule has 0 amide bonds. The lowest BCUT2D eigenvalue weighted by molar-refractivity contribution is -0.140. The fourth-order valence-corrected chi connectivity index (χ4v) is 5.62. The second kappa shape index (κ2) is 11.6. The molecule has 5 nitrogen and oxygen atoms in total. The van der Waals surface area contributed by atoms with Gasteiger partial charge < -0.3 is 9.47 Å². The van der Waals surface area contributed by atoms with Gasteiger partial charge in [-0.2, -0.15) is 0 Å². The van der Waals surface area contributed by atoms with Crippen LogP contribution in [0.1, 0.15) is 61.6 Å².